The lowest BCUT2D eigenvalue weighted by atomic mass is 9.86. The normalized spacial score (nSPS) is 21.2. The van der Waals surface area contributed by atoms with Gasteiger partial charge in [-0.2, -0.15) is 5.26 Å². The molecule has 1 saturated heterocycles. The van der Waals surface area contributed by atoms with Crippen LogP contribution in [0.5, 0.6) is 0 Å². The summed E-state index contributed by atoms with van der Waals surface area (Å²) < 4.78 is 6.93. The summed E-state index contributed by atoms with van der Waals surface area (Å²) in [5, 5.41) is 12.6. The smallest absolute Gasteiger partial charge is 0.0992 e. The monoisotopic (exact) mass is 336 g/mol. The molecule has 0 bridgehead atoms. The first-order chi connectivity index (χ1) is 9.60. The maximum absolute atomic E-state index is 9.03. The Morgan fingerprint density at radius 3 is 2.80 bits per heavy atom. The number of rotatable bonds is 4. The Morgan fingerprint density at radius 2 is 2.15 bits per heavy atom. The Morgan fingerprint density at radius 1 is 1.40 bits per heavy atom. The number of halogens is 1. The first-order valence-corrected chi connectivity index (χ1v) is 8.01. The highest BCUT2D eigenvalue weighted by atomic mass is 79.9. The van der Waals surface area contributed by atoms with Gasteiger partial charge in [0, 0.05) is 22.8 Å². The SMILES string of the molecule is CCC1(CC)CC(Nc2cc(Br)cc(C#N)c2)CCO1. The molecule has 20 heavy (non-hydrogen) atoms. The van der Waals surface area contributed by atoms with Crippen LogP contribution in [-0.4, -0.2) is 18.2 Å². The van der Waals surface area contributed by atoms with E-state index in [-0.39, 0.29) is 5.60 Å². The quantitative estimate of drug-likeness (QED) is 0.882. The first kappa shape index (κ1) is 15.3. The fourth-order valence-electron chi connectivity index (χ4n) is 2.87. The third kappa shape index (κ3) is 3.53. The summed E-state index contributed by atoms with van der Waals surface area (Å²) in [6.07, 6.45) is 4.12. The molecule has 0 aliphatic carbocycles. The third-order valence-electron chi connectivity index (χ3n) is 4.18. The van der Waals surface area contributed by atoms with E-state index in [9.17, 15) is 0 Å². The maximum atomic E-state index is 9.03. The van der Waals surface area contributed by atoms with Crippen molar-refractivity contribution in [3.63, 3.8) is 0 Å². The number of ether oxygens (including phenoxy) is 1. The molecular formula is C16H21BrN2O. The maximum Gasteiger partial charge on any atom is 0.0992 e. The summed E-state index contributed by atoms with van der Waals surface area (Å²) in [5.74, 6) is 0. The van der Waals surface area contributed by atoms with Crippen LogP contribution in [0, 0.1) is 11.3 Å². The summed E-state index contributed by atoms with van der Waals surface area (Å²) in [6, 6.07) is 8.35. The Kier molecular flexibility index (Phi) is 5.06. The molecule has 108 valence electrons. The van der Waals surface area contributed by atoms with Crippen molar-refractivity contribution in [2.75, 3.05) is 11.9 Å². The van der Waals surface area contributed by atoms with Gasteiger partial charge in [-0.1, -0.05) is 29.8 Å². The summed E-state index contributed by atoms with van der Waals surface area (Å²) >= 11 is 3.45. The predicted octanol–water partition coefficient (Wildman–Crippen LogP) is 4.47. The summed E-state index contributed by atoms with van der Waals surface area (Å²) in [7, 11) is 0. The van der Waals surface area contributed by atoms with E-state index in [0.717, 1.165) is 42.5 Å². The van der Waals surface area contributed by atoms with Gasteiger partial charge < -0.3 is 10.1 Å². The van der Waals surface area contributed by atoms with Crippen LogP contribution in [0.25, 0.3) is 0 Å². The molecule has 1 atom stereocenters. The fraction of sp³-hybridized carbons (Fsp3) is 0.562. The van der Waals surface area contributed by atoms with Crippen molar-refractivity contribution in [2.24, 2.45) is 0 Å². The van der Waals surface area contributed by atoms with E-state index in [2.05, 4.69) is 41.2 Å². The van der Waals surface area contributed by atoms with Crippen molar-refractivity contribution in [3.05, 3.63) is 28.2 Å². The van der Waals surface area contributed by atoms with Gasteiger partial charge in [0.15, 0.2) is 0 Å². The standard InChI is InChI=1S/C16H21BrN2O/c1-3-16(4-2)10-14(5-6-20-16)19-15-8-12(11-18)7-13(17)9-15/h7-9,14,19H,3-6,10H2,1-2H3. The van der Waals surface area contributed by atoms with Gasteiger partial charge >= 0.3 is 0 Å². The number of hydrogen-bond donors (Lipinski definition) is 1. The van der Waals surface area contributed by atoms with Crippen LogP contribution in [0.4, 0.5) is 5.69 Å². The molecule has 1 aliphatic heterocycles. The molecule has 1 aliphatic rings. The molecule has 0 amide bonds. The van der Waals surface area contributed by atoms with Crippen molar-refractivity contribution in [1.29, 1.82) is 5.26 Å². The fourth-order valence-corrected chi connectivity index (χ4v) is 3.36. The number of nitrogens with one attached hydrogen (secondary N) is 1. The van der Waals surface area contributed by atoms with E-state index in [1.54, 1.807) is 0 Å². The average Bonchev–Trinajstić information content (AvgIpc) is 2.46. The van der Waals surface area contributed by atoms with Crippen molar-refractivity contribution in [2.45, 2.75) is 51.2 Å². The molecule has 0 saturated carbocycles. The summed E-state index contributed by atoms with van der Waals surface area (Å²) in [5.41, 5.74) is 1.69. The van der Waals surface area contributed by atoms with E-state index in [1.807, 2.05) is 18.2 Å². The molecule has 4 heteroatoms. The molecule has 0 spiro atoms. The van der Waals surface area contributed by atoms with E-state index in [1.165, 1.54) is 0 Å². The highest BCUT2D eigenvalue weighted by Crippen LogP contribution is 2.33. The number of benzene rings is 1. The summed E-state index contributed by atoms with van der Waals surface area (Å²) in [6.45, 7) is 5.19. The largest absolute Gasteiger partial charge is 0.382 e. The number of anilines is 1. The lowest BCUT2D eigenvalue weighted by molar-refractivity contribution is -0.0864. The number of hydrogen-bond acceptors (Lipinski definition) is 3. The molecule has 1 N–H and O–H groups in total. The number of nitriles is 1. The van der Waals surface area contributed by atoms with Crippen molar-refractivity contribution < 1.29 is 4.74 Å². The Balaban J connectivity index is 2.10. The number of nitrogens with zero attached hydrogens (tertiary/aromatic N) is 1. The second kappa shape index (κ2) is 6.60. The van der Waals surface area contributed by atoms with Crippen LogP contribution in [0.1, 0.15) is 45.1 Å². The van der Waals surface area contributed by atoms with Gasteiger partial charge in [-0.05, 0) is 43.9 Å². The Labute approximate surface area is 129 Å². The second-order valence-electron chi connectivity index (χ2n) is 5.41. The van der Waals surface area contributed by atoms with Crippen LogP contribution in [0.15, 0.2) is 22.7 Å². The average molecular weight is 337 g/mol. The van der Waals surface area contributed by atoms with Gasteiger partial charge in [0.25, 0.3) is 0 Å². The minimum atomic E-state index is 0.0139. The van der Waals surface area contributed by atoms with Gasteiger partial charge in [-0.3, -0.25) is 0 Å². The summed E-state index contributed by atoms with van der Waals surface area (Å²) in [4.78, 5) is 0. The molecule has 0 aromatic heterocycles. The zero-order valence-electron chi connectivity index (χ0n) is 12.1. The van der Waals surface area contributed by atoms with Gasteiger partial charge in [0.05, 0.1) is 17.2 Å². The van der Waals surface area contributed by atoms with E-state index >= 15 is 0 Å². The molecule has 3 nitrogen and oxygen atoms in total. The van der Waals surface area contributed by atoms with Crippen LogP contribution >= 0.6 is 15.9 Å². The van der Waals surface area contributed by atoms with E-state index in [4.69, 9.17) is 10.00 Å². The first-order valence-electron chi connectivity index (χ1n) is 7.22. The second-order valence-corrected chi connectivity index (χ2v) is 6.33. The van der Waals surface area contributed by atoms with Gasteiger partial charge in [-0.25, -0.2) is 0 Å². The molecule has 1 fully saturated rings. The Bertz CT molecular complexity index is 506. The molecule has 1 heterocycles. The van der Waals surface area contributed by atoms with Crippen molar-refractivity contribution in [1.82, 2.24) is 0 Å². The van der Waals surface area contributed by atoms with Gasteiger partial charge in [0.2, 0.25) is 0 Å². The molecular weight excluding hydrogens is 316 g/mol. The lowest BCUT2D eigenvalue weighted by Crippen LogP contribution is -2.43. The van der Waals surface area contributed by atoms with Gasteiger partial charge in [0.1, 0.15) is 0 Å². The molecule has 1 aromatic rings. The predicted molar refractivity (Wildman–Crippen MR) is 84.8 cm³/mol. The topological polar surface area (TPSA) is 45.0 Å². The van der Waals surface area contributed by atoms with Crippen LogP contribution < -0.4 is 5.32 Å². The highest BCUT2D eigenvalue weighted by Gasteiger charge is 2.34. The molecule has 2 rings (SSSR count). The zero-order chi connectivity index (χ0) is 14.6. The lowest BCUT2D eigenvalue weighted by Gasteiger charge is -2.40. The third-order valence-corrected chi connectivity index (χ3v) is 4.64. The van der Waals surface area contributed by atoms with Crippen LogP contribution in [-0.2, 0) is 4.74 Å². The molecule has 1 aromatic carbocycles. The molecule has 1 unspecified atom stereocenters. The highest BCUT2D eigenvalue weighted by molar-refractivity contribution is 9.10. The van der Waals surface area contributed by atoms with Gasteiger partial charge in [-0.15, -0.1) is 0 Å². The van der Waals surface area contributed by atoms with Crippen LogP contribution in [0.3, 0.4) is 0 Å². The zero-order valence-corrected chi connectivity index (χ0v) is 13.7. The van der Waals surface area contributed by atoms with E-state index < -0.39 is 0 Å². The minimum absolute atomic E-state index is 0.0139. The van der Waals surface area contributed by atoms with Crippen molar-refractivity contribution >= 4 is 21.6 Å². The minimum Gasteiger partial charge on any atom is -0.382 e. The molecule has 0 radical (unpaired) electrons. The van der Waals surface area contributed by atoms with Crippen molar-refractivity contribution in [3.8, 4) is 6.07 Å². The van der Waals surface area contributed by atoms with E-state index in [0.29, 0.717) is 11.6 Å². The Hall–Kier alpha value is -1.05. The van der Waals surface area contributed by atoms with Crippen LogP contribution in [0.2, 0.25) is 0 Å².